The number of carbonyl (C=O) groups is 1. The molecule has 162 valence electrons. The molecule has 5 nitrogen and oxygen atoms in total. The maximum absolute atomic E-state index is 12.7. The highest BCUT2D eigenvalue weighted by Crippen LogP contribution is 2.34. The Kier molecular flexibility index (Phi) is 8.66. The molecule has 3 rings (SSSR count). The highest BCUT2D eigenvalue weighted by Gasteiger charge is 2.26. The third kappa shape index (κ3) is 6.63. The van der Waals surface area contributed by atoms with Crippen molar-refractivity contribution in [2.75, 3.05) is 32.8 Å². The van der Waals surface area contributed by atoms with Gasteiger partial charge in [0.15, 0.2) is 11.5 Å². The van der Waals surface area contributed by atoms with E-state index in [1.807, 2.05) is 6.07 Å². The fourth-order valence-electron chi connectivity index (χ4n) is 4.32. The monoisotopic (exact) mass is 402 g/mol. The smallest absolute Gasteiger partial charge is 0.220 e. The predicted octanol–water partition coefficient (Wildman–Crippen LogP) is 4.50. The number of rotatable bonds is 11. The van der Waals surface area contributed by atoms with Gasteiger partial charge in [0.05, 0.1) is 0 Å². The van der Waals surface area contributed by atoms with Gasteiger partial charge in [-0.2, -0.15) is 0 Å². The number of amides is 1. The summed E-state index contributed by atoms with van der Waals surface area (Å²) in [6.45, 7) is 8.82. The summed E-state index contributed by atoms with van der Waals surface area (Å²) in [4.78, 5) is 15.1. The van der Waals surface area contributed by atoms with Gasteiger partial charge in [-0.1, -0.05) is 45.6 Å². The van der Waals surface area contributed by atoms with Crippen molar-refractivity contribution in [3.05, 3.63) is 23.8 Å². The molecule has 1 amide bonds. The maximum atomic E-state index is 12.7. The summed E-state index contributed by atoms with van der Waals surface area (Å²) in [7, 11) is 0. The molecule has 0 aliphatic carbocycles. The SMILES string of the molecule is CCCCCCCC(=O)N[C@H](CN1CCCC1)C(C)c1ccc2c(c1)OCCO2. The Morgan fingerprint density at radius 2 is 1.79 bits per heavy atom. The summed E-state index contributed by atoms with van der Waals surface area (Å²) in [5.74, 6) is 2.05. The van der Waals surface area contributed by atoms with E-state index >= 15 is 0 Å². The summed E-state index contributed by atoms with van der Waals surface area (Å²) >= 11 is 0. The van der Waals surface area contributed by atoms with Crippen LogP contribution in [0.3, 0.4) is 0 Å². The molecule has 0 spiro atoms. The van der Waals surface area contributed by atoms with Gasteiger partial charge in [-0.15, -0.1) is 0 Å². The lowest BCUT2D eigenvalue weighted by Crippen LogP contribution is -2.46. The van der Waals surface area contributed by atoms with Crippen LogP contribution in [0, 0.1) is 0 Å². The van der Waals surface area contributed by atoms with Crippen molar-refractivity contribution in [2.45, 2.75) is 77.2 Å². The van der Waals surface area contributed by atoms with Crippen LogP contribution in [0.5, 0.6) is 11.5 Å². The van der Waals surface area contributed by atoms with Crippen LogP contribution in [-0.2, 0) is 4.79 Å². The van der Waals surface area contributed by atoms with Gasteiger partial charge in [0.25, 0.3) is 0 Å². The molecule has 0 saturated carbocycles. The Morgan fingerprint density at radius 1 is 1.07 bits per heavy atom. The van der Waals surface area contributed by atoms with Crippen LogP contribution in [-0.4, -0.2) is 49.7 Å². The van der Waals surface area contributed by atoms with Gasteiger partial charge >= 0.3 is 0 Å². The van der Waals surface area contributed by atoms with Crippen molar-refractivity contribution in [1.82, 2.24) is 10.2 Å². The molecule has 2 aliphatic rings. The van der Waals surface area contributed by atoms with Gasteiger partial charge < -0.3 is 19.7 Å². The Hall–Kier alpha value is -1.75. The van der Waals surface area contributed by atoms with Crippen molar-refractivity contribution in [2.24, 2.45) is 0 Å². The first-order valence-electron chi connectivity index (χ1n) is 11.6. The lowest BCUT2D eigenvalue weighted by Gasteiger charge is -2.30. The molecule has 1 N–H and O–H groups in total. The van der Waals surface area contributed by atoms with Crippen LogP contribution in [0.25, 0.3) is 0 Å². The zero-order valence-corrected chi connectivity index (χ0v) is 18.3. The molecule has 2 atom stereocenters. The van der Waals surface area contributed by atoms with E-state index in [2.05, 4.69) is 36.2 Å². The van der Waals surface area contributed by atoms with Gasteiger partial charge in [-0.05, 0) is 50.0 Å². The van der Waals surface area contributed by atoms with E-state index < -0.39 is 0 Å². The number of fused-ring (bicyclic) bond motifs is 1. The fourth-order valence-corrected chi connectivity index (χ4v) is 4.32. The molecular weight excluding hydrogens is 364 g/mol. The largest absolute Gasteiger partial charge is 0.486 e. The summed E-state index contributed by atoms with van der Waals surface area (Å²) in [5.41, 5.74) is 1.20. The van der Waals surface area contributed by atoms with Gasteiger partial charge in [-0.3, -0.25) is 4.79 Å². The predicted molar refractivity (Wildman–Crippen MR) is 117 cm³/mol. The van der Waals surface area contributed by atoms with E-state index in [-0.39, 0.29) is 17.9 Å². The van der Waals surface area contributed by atoms with Gasteiger partial charge in [0.2, 0.25) is 5.91 Å². The number of hydrogen-bond donors (Lipinski definition) is 1. The Bertz CT molecular complexity index is 643. The molecule has 2 heterocycles. The number of hydrogen-bond acceptors (Lipinski definition) is 4. The van der Waals surface area contributed by atoms with Crippen molar-refractivity contribution < 1.29 is 14.3 Å². The summed E-state index contributed by atoms with van der Waals surface area (Å²) < 4.78 is 11.4. The molecule has 0 bridgehead atoms. The minimum Gasteiger partial charge on any atom is -0.486 e. The van der Waals surface area contributed by atoms with Crippen LogP contribution >= 0.6 is 0 Å². The number of benzene rings is 1. The van der Waals surface area contributed by atoms with Gasteiger partial charge in [0, 0.05) is 24.9 Å². The molecule has 0 aromatic heterocycles. The first-order chi connectivity index (χ1) is 14.2. The topological polar surface area (TPSA) is 50.8 Å². The Labute approximate surface area is 176 Å². The average Bonchev–Trinajstić information content (AvgIpc) is 3.25. The molecule has 2 aliphatic heterocycles. The lowest BCUT2D eigenvalue weighted by atomic mass is 9.92. The van der Waals surface area contributed by atoms with Crippen molar-refractivity contribution in [1.29, 1.82) is 0 Å². The normalized spacial score (nSPS) is 18.4. The number of carbonyl (C=O) groups excluding carboxylic acids is 1. The Balaban J connectivity index is 1.61. The molecule has 1 aromatic carbocycles. The van der Waals surface area contributed by atoms with Crippen molar-refractivity contribution in [3.8, 4) is 11.5 Å². The van der Waals surface area contributed by atoms with E-state index in [0.29, 0.717) is 19.6 Å². The molecule has 5 heteroatoms. The van der Waals surface area contributed by atoms with Crippen LogP contribution < -0.4 is 14.8 Å². The average molecular weight is 403 g/mol. The fraction of sp³-hybridized carbons (Fsp3) is 0.708. The zero-order chi connectivity index (χ0) is 20.5. The minimum absolute atomic E-state index is 0.110. The van der Waals surface area contributed by atoms with Gasteiger partial charge in [-0.25, -0.2) is 0 Å². The van der Waals surface area contributed by atoms with E-state index in [4.69, 9.17) is 9.47 Å². The molecule has 1 unspecified atom stereocenters. The first kappa shape index (κ1) is 21.9. The highest BCUT2D eigenvalue weighted by atomic mass is 16.6. The summed E-state index contributed by atoms with van der Waals surface area (Å²) in [6, 6.07) is 6.32. The highest BCUT2D eigenvalue weighted by molar-refractivity contribution is 5.76. The van der Waals surface area contributed by atoms with E-state index in [1.54, 1.807) is 0 Å². The van der Waals surface area contributed by atoms with E-state index in [9.17, 15) is 4.79 Å². The zero-order valence-electron chi connectivity index (χ0n) is 18.3. The lowest BCUT2D eigenvalue weighted by molar-refractivity contribution is -0.122. The molecule has 0 radical (unpaired) electrons. The molecule has 1 saturated heterocycles. The first-order valence-corrected chi connectivity index (χ1v) is 11.6. The van der Waals surface area contributed by atoms with Gasteiger partial charge in [0.1, 0.15) is 13.2 Å². The number of nitrogens with zero attached hydrogens (tertiary/aromatic N) is 1. The third-order valence-electron chi connectivity index (χ3n) is 6.20. The summed E-state index contributed by atoms with van der Waals surface area (Å²) in [5, 5.41) is 3.36. The quantitative estimate of drug-likeness (QED) is 0.554. The van der Waals surface area contributed by atoms with Crippen LogP contribution in [0.15, 0.2) is 18.2 Å². The molecule has 29 heavy (non-hydrogen) atoms. The number of ether oxygens (including phenoxy) is 2. The van der Waals surface area contributed by atoms with Crippen LogP contribution in [0.2, 0.25) is 0 Å². The van der Waals surface area contributed by atoms with Crippen LogP contribution in [0.1, 0.15) is 76.7 Å². The third-order valence-corrected chi connectivity index (χ3v) is 6.20. The van der Waals surface area contributed by atoms with Crippen molar-refractivity contribution >= 4 is 5.91 Å². The number of likely N-dealkylation sites (tertiary alicyclic amines) is 1. The number of nitrogens with one attached hydrogen (secondary N) is 1. The van der Waals surface area contributed by atoms with E-state index in [1.165, 1.54) is 37.7 Å². The molecule has 1 aromatic rings. The Morgan fingerprint density at radius 3 is 2.55 bits per heavy atom. The molecular formula is C24H38N2O3. The van der Waals surface area contributed by atoms with E-state index in [0.717, 1.165) is 44.0 Å². The minimum atomic E-state index is 0.110. The summed E-state index contributed by atoms with van der Waals surface area (Å²) in [6.07, 6.45) is 9.02. The van der Waals surface area contributed by atoms with Crippen LogP contribution in [0.4, 0.5) is 0 Å². The standard InChI is InChI=1S/C24H38N2O3/c1-3-4-5-6-7-10-24(27)25-21(18-26-13-8-9-14-26)19(2)20-11-12-22-23(17-20)29-16-15-28-22/h11-12,17,19,21H,3-10,13-16,18H2,1-2H3,(H,25,27)/t19?,21-/m1/s1. The maximum Gasteiger partial charge on any atom is 0.220 e. The second-order valence-corrected chi connectivity index (χ2v) is 8.54. The van der Waals surface area contributed by atoms with Crippen molar-refractivity contribution in [3.63, 3.8) is 0 Å². The second kappa shape index (κ2) is 11.4. The molecule has 1 fully saturated rings. The second-order valence-electron chi connectivity index (χ2n) is 8.54. The number of unbranched alkanes of at least 4 members (excludes halogenated alkanes) is 4.